The van der Waals surface area contributed by atoms with Gasteiger partial charge in [-0.2, -0.15) is 18.4 Å². The Morgan fingerprint density at radius 2 is 2.04 bits per heavy atom. The number of nitriles is 1. The molecule has 2 heterocycles. The molecule has 0 aliphatic rings. The molecule has 5 nitrogen and oxygen atoms in total. The molecule has 2 aromatic heterocycles. The zero-order valence-corrected chi connectivity index (χ0v) is 13.1. The molecule has 1 amide bonds. The topological polar surface area (TPSA) is 95.6 Å². The number of rotatable bonds is 3. The minimum atomic E-state index is -4.64. The van der Waals surface area contributed by atoms with Crippen LogP contribution in [0.25, 0.3) is 28.2 Å². The summed E-state index contributed by atoms with van der Waals surface area (Å²) in [5, 5.41) is 9.51. The second-order valence-electron chi connectivity index (χ2n) is 5.47. The van der Waals surface area contributed by atoms with Gasteiger partial charge in [0.2, 0.25) is 5.91 Å². The first-order valence-electron chi connectivity index (χ1n) is 7.36. The number of nitrogens with zero attached hydrogens (tertiary/aromatic N) is 2. The van der Waals surface area contributed by atoms with Crippen molar-refractivity contribution in [2.45, 2.75) is 6.18 Å². The van der Waals surface area contributed by atoms with Gasteiger partial charge in [0, 0.05) is 35.0 Å². The van der Waals surface area contributed by atoms with E-state index in [1.807, 2.05) is 0 Å². The Kier molecular flexibility index (Phi) is 4.22. The van der Waals surface area contributed by atoms with Crippen molar-refractivity contribution in [3.05, 3.63) is 59.4 Å². The number of aromatic nitrogens is 2. The minimum Gasteiger partial charge on any atom is -0.366 e. The van der Waals surface area contributed by atoms with E-state index in [2.05, 4.69) is 9.97 Å². The summed E-state index contributed by atoms with van der Waals surface area (Å²) in [6.45, 7) is 0. The highest BCUT2D eigenvalue weighted by Gasteiger charge is 2.33. The normalized spacial score (nSPS) is 11.8. The number of carbonyl (C=O) groups is 1. The van der Waals surface area contributed by atoms with Gasteiger partial charge in [-0.3, -0.25) is 4.79 Å². The number of hydrogen-bond donors (Lipinski definition) is 2. The fourth-order valence-electron chi connectivity index (χ4n) is 2.55. The van der Waals surface area contributed by atoms with Gasteiger partial charge in [0.05, 0.1) is 17.2 Å². The molecule has 0 unspecified atom stereocenters. The molecule has 3 N–H and O–H groups in total. The molecule has 26 heavy (non-hydrogen) atoms. The molecule has 8 heteroatoms. The molecule has 0 radical (unpaired) electrons. The van der Waals surface area contributed by atoms with Gasteiger partial charge in [-0.15, -0.1) is 0 Å². The van der Waals surface area contributed by atoms with E-state index in [1.165, 1.54) is 24.4 Å². The lowest BCUT2D eigenvalue weighted by atomic mass is 9.99. The molecule has 0 bridgehead atoms. The fraction of sp³-hybridized carbons (Fsp3) is 0.0556. The summed E-state index contributed by atoms with van der Waals surface area (Å²) < 4.78 is 39.5. The van der Waals surface area contributed by atoms with Crippen molar-refractivity contribution in [3.8, 4) is 17.2 Å². The quantitative estimate of drug-likeness (QED) is 0.702. The molecule has 1 aromatic carbocycles. The Morgan fingerprint density at radius 1 is 1.27 bits per heavy atom. The number of primary amides is 1. The molecule has 0 atom stereocenters. The van der Waals surface area contributed by atoms with Crippen LogP contribution < -0.4 is 5.73 Å². The smallest absolute Gasteiger partial charge is 0.366 e. The van der Waals surface area contributed by atoms with Gasteiger partial charge in [-0.1, -0.05) is 6.07 Å². The molecule has 0 aliphatic carbocycles. The summed E-state index contributed by atoms with van der Waals surface area (Å²) in [7, 11) is 0. The summed E-state index contributed by atoms with van der Waals surface area (Å²) in [4.78, 5) is 18.0. The first-order valence-corrected chi connectivity index (χ1v) is 7.36. The Hall–Kier alpha value is -3.60. The van der Waals surface area contributed by atoms with Crippen molar-refractivity contribution in [3.63, 3.8) is 0 Å². The number of carbonyl (C=O) groups excluding carboxylic acids is 1. The summed E-state index contributed by atoms with van der Waals surface area (Å²) in [6, 6.07) is 6.69. The number of fused-ring (bicyclic) bond motifs is 1. The first-order chi connectivity index (χ1) is 12.3. The van der Waals surface area contributed by atoms with E-state index >= 15 is 0 Å². The van der Waals surface area contributed by atoms with Crippen molar-refractivity contribution in [1.29, 1.82) is 5.26 Å². The van der Waals surface area contributed by atoms with Gasteiger partial charge in [0.1, 0.15) is 5.65 Å². The van der Waals surface area contributed by atoms with Crippen LogP contribution in [0.3, 0.4) is 0 Å². The summed E-state index contributed by atoms with van der Waals surface area (Å²) in [5.41, 5.74) is 5.49. The Morgan fingerprint density at radius 3 is 2.69 bits per heavy atom. The first kappa shape index (κ1) is 17.2. The maximum Gasteiger partial charge on any atom is 0.417 e. The maximum atomic E-state index is 13.2. The van der Waals surface area contributed by atoms with Gasteiger partial charge < -0.3 is 10.7 Å². The number of nitrogens with two attached hydrogens (primary N) is 1. The third kappa shape index (κ3) is 3.28. The van der Waals surface area contributed by atoms with E-state index in [0.717, 1.165) is 12.1 Å². The van der Waals surface area contributed by atoms with Crippen LogP contribution in [0.2, 0.25) is 0 Å². The maximum absolute atomic E-state index is 13.2. The number of H-pyrrole nitrogens is 1. The van der Waals surface area contributed by atoms with Gasteiger partial charge in [0.15, 0.2) is 0 Å². The van der Waals surface area contributed by atoms with Crippen molar-refractivity contribution >= 4 is 23.0 Å². The predicted octanol–water partition coefficient (Wildman–Crippen LogP) is 3.62. The van der Waals surface area contributed by atoms with E-state index < -0.39 is 23.2 Å². The number of nitrogens with one attached hydrogen (secondary N) is 1. The molecule has 0 aliphatic heterocycles. The van der Waals surface area contributed by atoms with Crippen LogP contribution in [-0.4, -0.2) is 15.9 Å². The van der Waals surface area contributed by atoms with Gasteiger partial charge >= 0.3 is 6.18 Å². The Balaban J connectivity index is 2.13. The third-order valence-electron chi connectivity index (χ3n) is 3.77. The summed E-state index contributed by atoms with van der Waals surface area (Å²) in [5.74, 6) is -0.620. The monoisotopic (exact) mass is 356 g/mol. The zero-order valence-electron chi connectivity index (χ0n) is 13.1. The van der Waals surface area contributed by atoms with Crippen molar-refractivity contribution in [2.24, 2.45) is 5.73 Å². The number of halogens is 3. The lowest BCUT2D eigenvalue weighted by Gasteiger charge is -2.11. The predicted molar refractivity (Wildman–Crippen MR) is 89.5 cm³/mol. The number of benzene rings is 1. The highest BCUT2D eigenvalue weighted by atomic mass is 19.4. The Labute approximate surface area is 145 Å². The van der Waals surface area contributed by atoms with E-state index in [0.29, 0.717) is 22.2 Å². The largest absolute Gasteiger partial charge is 0.417 e. The highest BCUT2D eigenvalue weighted by molar-refractivity contribution is 5.95. The van der Waals surface area contributed by atoms with Crippen LogP contribution in [0.1, 0.15) is 16.7 Å². The van der Waals surface area contributed by atoms with E-state index in [1.54, 1.807) is 18.3 Å². The summed E-state index contributed by atoms with van der Waals surface area (Å²) >= 11 is 0. The summed E-state index contributed by atoms with van der Waals surface area (Å²) in [6.07, 6.45) is 1.08. The third-order valence-corrected chi connectivity index (χ3v) is 3.77. The van der Waals surface area contributed by atoms with Crippen LogP contribution in [0, 0.1) is 11.3 Å². The molecule has 3 aromatic rings. The molecule has 0 fully saturated rings. The number of aromatic amines is 1. The highest BCUT2D eigenvalue weighted by Crippen LogP contribution is 2.35. The average Bonchev–Trinajstić information content (AvgIpc) is 3.00. The number of hydrogen-bond acceptors (Lipinski definition) is 3. The van der Waals surface area contributed by atoms with Crippen LogP contribution in [0.5, 0.6) is 0 Å². The number of alkyl halides is 3. The van der Waals surface area contributed by atoms with E-state index in [-0.39, 0.29) is 5.56 Å². The molecular formula is C18H11F3N4O. The fourth-order valence-corrected chi connectivity index (χ4v) is 2.55. The molecule has 0 saturated carbocycles. The van der Waals surface area contributed by atoms with Crippen LogP contribution in [0.4, 0.5) is 13.2 Å². The van der Waals surface area contributed by atoms with Crippen molar-refractivity contribution in [2.75, 3.05) is 0 Å². The molecule has 130 valence electrons. The van der Waals surface area contributed by atoms with E-state index in [9.17, 15) is 18.0 Å². The average molecular weight is 356 g/mol. The van der Waals surface area contributed by atoms with Gasteiger partial charge in [0.25, 0.3) is 0 Å². The number of amides is 1. The van der Waals surface area contributed by atoms with Crippen LogP contribution in [0.15, 0.2) is 42.7 Å². The molecule has 0 spiro atoms. The molecule has 3 rings (SSSR count). The lowest BCUT2D eigenvalue weighted by molar-refractivity contribution is -0.137. The molecular weight excluding hydrogens is 345 g/mol. The van der Waals surface area contributed by atoms with Crippen LogP contribution in [-0.2, 0) is 11.0 Å². The second kappa shape index (κ2) is 6.37. The van der Waals surface area contributed by atoms with Crippen molar-refractivity contribution < 1.29 is 18.0 Å². The van der Waals surface area contributed by atoms with Gasteiger partial charge in [-0.05, 0) is 29.8 Å². The van der Waals surface area contributed by atoms with E-state index in [4.69, 9.17) is 11.0 Å². The van der Waals surface area contributed by atoms with Crippen molar-refractivity contribution in [1.82, 2.24) is 9.97 Å². The second-order valence-corrected chi connectivity index (χ2v) is 5.47. The minimum absolute atomic E-state index is 0.275. The molecule has 0 saturated heterocycles. The standard InChI is InChI=1S/C18H11F3N4O/c19-18(20,21)15-6-10(1-2-11(15)7-22)13-5-14-12(3-4-16(23)26)8-24-17(14)25-9-13/h1-6,8-9H,(H2,23,26)(H,24,25)/b4-3+. The SMILES string of the molecule is N#Cc1ccc(-c2cnc3[nH]cc(/C=C/C(N)=O)c3c2)cc1C(F)(F)F. The number of pyridine rings is 1. The van der Waals surface area contributed by atoms with Crippen LogP contribution >= 0.6 is 0 Å². The van der Waals surface area contributed by atoms with Gasteiger partial charge in [-0.25, -0.2) is 4.98 Å². The Bertz CT molecular complexity index is 1070. The zero-order chi connectivity index (χ0) is 18.9. The lowest BCUT2D eigenvalue weighted by Crippen LogP contribution is -2.08.